The van der Waals surface area contributed by atoms with E-state index in [2.05, 4.69) is 10.3 Å². The summed E-state index contributed by atoms with van der Waals surface area (Å²) in [6.45, 7) is 1.85. The first-order valence-electron chi connectivity index (χ1n) is 6.32. The summed E-state index contributed by atoms with van der Waals surface area (Å²) in [5.41, 5.74) is 6.17. The van der Waals surface area contributed by atoms with Crippen LogP contribution in [0.3, 0.4) is 0 Å². The summed E-state index contributed by atoms with van der Waals surface area (Å²) in [6, 6.07) is 1.70. The molecule has 1 aliphatic rings. The highest BCUT2D eigenvalue weighted by molar-refractivity contribution is 5.95. The van der Waals surface area contributed by atoms with Gasteiger partial charge in [-0.3, -0.25) is 4.79 Å². The Morgan fingerprint density at radius 1 is 1.63 bits per heavy atom. The Balaban J connectivity index is 2.18. The lowest BCUT2D eigenvalue weighted by Crippen LogP contribution is -2.44. The monoisotopic (exact) mass is 266 g/mol. The number of hydrogen-bond donors (Lipinski definition) is 2. The molecule has 0 aromatic carbocycles. The van der Waals surface area contributed by atoms with Gasteiger partial charge < -0.3 is 20.4 Å². The van der Waals surface area contributed by atoms with Crippen LogP contribution in [0, 0.1) is 6.92 Å². The number of aromatic nitrogens is 1. The fourth-order valence-electron chi connectivity index (χ4n) is 2.39. The summed E-state index contributed by atoms with van der Waals surface area (Å²) in [5.74, 6) is -0.0641. The van der Waals surface area contributed by atoms with E-state index in [0.717, 1.165) is 25.7 Å². The van der Waals surface area contributed by atoms with E-state index < -0.39 is 0 Å². The average Bonchev–Trinajstić information content (AvgIpc) is 3.05. The fourth-order valence-corrected chi connectivity index (χ4v) is 2.39. The van der Waals surface area contributed by atoms with Crippen LogP contribution in [0.1, 0.15) is 41.9 Å². The van der Waals surface area contributed by atoms with Gasteiger partial charge in [0.2, 0.25) is 5.76 Å². The molecule has 0 saturated heterocycles. The maximum absolute atomic E-state index is 12.4. The first-order valence-corrected chi connectivity index (χ1v) is 6.32. The molecule has 0 aliphatic heterocycles. The zero-order valence-electron chi connectivity index (χ0n) is 10.9. The Morgan fingerprint density at radius 3 is 2.84 bits per heavy atom. The van der Waals surface area contributed by atoms with E-state index in [4.69, 9.17) is 15.5 Å². The van der Waals surface area contributed by atoms with Crippen molar-refractivity contribution in [1.82, 2.24) is 10.1 Å². The maximum Gasteiger partial charge on any atom is 0.293 e. The third-order valence-electron chi connectivity index (χ3n) is 3.33. The van der Waals surface area contributed by atoms with Crippen LogP contribution in [-0.4, -0.2) is 39.6 Å². The highest BCUT2D eigenvalue weighted by Gasteiger charge is 2.30. The van der Waals surface area contributed by atoms with Crippen LogP contribution in [-0.2, 0) is 0 Å². The number of aryl methyl sites for hydroxylation is 1. The van der Waals surface area contributed by atoms with Gasteiger partial charge in [0, 0.05) is 12.1 Å². The maximum atomic E-state index is 12.4. The molecular weight excluding hydrogens is 248 g/mol. The molecule has 1 aliphatic carbocycles. The number of rotatable bonds is 4. The third kappa shape index (κ3) is 3.04. The first-order chi connectivity index (χ1) is 9.11. The van der Waals surface area contributed by atoms with Gasteiger partial charge in [-0.15, -0.1) is 0 Å². The molecule has 1 heterocycles. The van der Waals surface area contributed by atoms with Crippen molar-refractivity contribution in [1.29, 1.82) is 0 Å². The SMILES string of the molecule is Cc1cc(C(=O)N(CC(N)=NO)C2CCCC2)on1. The number of amidine groups is 1. The molecule has 1 aromatic heterocycles. The van der Waals surface area contributed by atoms with Crippen molar-refractivity contribution in [2.75, 3.05) is 6.54 Å². The second-order valence-corrected chi connectivity index (χ2v) is 4.80. The third-order valence-corrected chi connectivity index (χ3v) is 3.33. The van der Waals surface area contributed by atoms with Crippen LogP contribution in [0.2, 0.25) is 0 Å². The van der Waals surface area contributed by atoms with Crippen molar-refractivity contribution < 1.29 is 14.5 Å². The van der Waals surface area contributed by atoms with Gasteiger partial charge in [-0.05, 0) is 19.8 Å². The molecular formula is C12H18N4O3. The minimum Gasteiger partial charge on any atom is -0.409 e. The molecule has 7 heteroatoms. The van der Waals surface area contributed by atoms with Crippen molar-refractivity contribution in [3.63, 3.8) is 0 Å². The highest BCUT2D eigenvalue weighted by Crippen LogP contribution is 2.24. The lowest BCUT2D eigenvalue weighted by molar-refractivity contribution is 0.0670. The van der Waals surface area contributed by atoms with Gasteiger partial charge in [0.1, 0.15) is 0 Å². The number of carbonyl (C=O) groups excluding carboxylic acids is 1. The zero-order valence-corrected chi connectivity index (χ0v) is 10.9. The normalized spacial score (nSPS) is 16.8. The molecule has 2 rings (SSSR count). The van der Waals surface area contributed by atoms with Gasteiger partial charge in [-0.2, -0.15) is 0 Å². The van der Waals surface area contributed by atoms with Crippen LogP contribution in [0.15, 0.2) is 15.7 Å². The Hall–Kier alpha value is -2.05. The second-order valence-electron chi connectivity index (χ2n) is 4.80. The number of oxime groups is 1. The number of amides is 1. The molecule has 104 valence electrons. The molecule has 0 spiro atoms. The van der Waals surface area contributed by atoms with Crippen LogP contribution < -0.4 is 5.73 Å². The zero-order chi connectivity index (χ0) is 13.8. The Bertz CT molecular complexity index is 477. The second kappa shape index (κ2) is 5.73. The topological polar surface area (TPSA) is 105 Å². The lowest BCUT2D eigenvalue weighted by atomic mass is 10.2. The Labute approximate surface area is 111 Å². The molecule has 3 N–H and O–H groups in total. The lowest BCUT2D eigenvalue weighted by Gasteiger charge is -2.27. The van der Waals surface area contributed by atoms with E-state index in [1.54, 1.807) is 17.9 Å². The summed E-state index contributed by atoms with van der Waals surface area (Å²) in [5, 5.41) is 15.3. The number of nitrogens with two attached hydrogens (primary N) is 1. The number of hydrogen-bond acceptors (Lipinski definition) is 5. The molecule has 7 nitrogen and oxygen atoms in total. The minimum atomic E-state index is -0.265. The minimum absolute atomic E-state index is 0.0106. The molecule has 0 unspecified atom stereocenters. The van der Waals surface area contributed by atoms with Crippen molar-refractivity contribution in [3.8, 4) is 0 Å². The first kappa shape index (κ1) is 13.4. The highest BCUT2D eigenvalue weighted by atomic mass is 16.5. The van der Waals surface area contributed by atoms with Crippen LogP contribution in [0.4, 0.5) is 0 Å². The van der Waals surface area contributed by atoms with Crippen molar-refractivity contribution >= 4 is 11.7 Å². The summed E-state index contributed by atoms with van der Waals surface area (Å²) >= 11 is 0. The van der Waals surface area contributed by atoms with E-state index in [-0.39, 0.29) is 30.1 Å². The van der Waals surface area contributed by atoms with Gasteiger partial charge in [0.05, 0.1) is 12.2 Å². The van der Waals surface area contributed by atoms with Crippen molar-refractivity contribution in [3.05, 3.63) is 17.5 Å². The molecule has 1 amide bonds. The van der Waals surface area contributed by atoms with Crippen LogP contribution in [0.25, 0.3) is 0 Å². The molecule has 0 bridgehead atoms. The molecule has 1 aromatic rings. The predicted molar refractivity (Wildman–Crippen MR) is 67.9 cm³/mol. The summed E-state index contributed by atoms with van der Waals surface area (Å²) in [7, 11) is 0. The molecule has 1 saturated carbocycles. The van der Waals surface area contributed by atoms with Gasteiger partial charge in [-0.25, -0.2) is 0 Å². The molecule has 0 radical (unpaired) electrons. The Morgan fingerprint density at radius 2 is 2.32 bits per heavy atom. The van der Waals surface area contributed by atoms with Crippen LogP contribution >= 0.6 is 0 Å². The molecule has 19 heavy (non-hydrogen) atoms. The van der Waals surface area contributed by atoms with Crippen LogP contribution in [0.5, 0.6) is 0 Å². The fraction of sp³-hybridized carbons (Fsp3) is 0.583. The van der Waals surface area contributed by atoms with Crippen molar-refractivity contribution in [2.45, 2.75) is 38.6 Å². The van der Waals surface area contributed by atoms with Crippen molar-refractivity contribution in [2.24, 2.45) is 10.9 Å². The average molecular weight is 266 g/mol. The van der Waals surface area contributed by atoms with E-state index >= 15 is 0 Å². The number of nitrogens with zero attached hydrogens (tertiary/aromatic N) is 3. The molecule has 0 atom stereocenters. The van der Waals surface area contributed by atoms with Gasteiger partial charge in [0.25, 0.3) is 5.91 Å². The van der Waals surface area contributed by atoms with E-state index in [9.17, 15) is 4.79 Å². The molecule has 1 fully saturated rings. The van der Waals surface area contributed by atoms with E-state index in [0.29, 0.717) is 5.69 Å². The summed E-state index contributed by atoms with van der Waals surface area (Å²) in [4.78, 5) is 14.0. The van der Waals surface area contributed by atoms with Gasteiger partial charge in [-0.1, -0.05) is 23.2 Å². The van der Waals surface area contributed by atoms with Gasteiger partial charge >= 0.3 is 0 Å². The number of carbonyl (C=O) groups is 1. The Kier molecular flexibility index (Phi) is 4.03. The predicted octanol–water partition coefficient (Wildman–Crippen LogP) is 1.11. The van der Waals surface area contributed by atoms with E-state index in [1.807, 2.05) is 0 Å². The smallest absolute Gasteiger partial charge is 0.293 e. The quantitative estimate of drug-likeness (QED) is 0.367. The largest absolute Gasteiger partial charge is 0.409 e. The summed E-state index contributed by atoms with van der Waals surface area (Å²) < 4.78 is 5.00. The standard InChI is InChI=1S/C12H18N4O3/c1-8-6-10(19-15-8)12(17)16(7-11(13)14-18)9-4-2-3-5-9/h6,9,18H,2-5,7H2,1H3,(H2,13,14). The summed E-state index contributed by atoms with van der Waals surface area (Å²) in [6.07, 6.45) is 4.02. The van der Waals surface area contributed by atoms with E-state index in [1.165, 1.54) is 0 Å². The van der Waals surface area contributed by atoms with Gasteiger partial charge in [0.15, 0.2) is 5.84 Å².